The smallest absolute Gasteiger partial charge is 0.264 e. The van der Waals surface area contributed by atoms with Crippen LogP contribution in [0.15, 0.2) is 34.9 Å². The first-order chi connectivity index (χ1) is 12.1. The summed E-state index contributed by atoms with van der Waals surface area (Å²) in [6, 6.07) is 10.2. The van der Waals surface area contributed by atoms with Crippen LogP contribution in [0.5, 0.6) is 0 Å². The van der Waals surface area contributed by atoms with Gasteiger partial charge in [-0.25, -0.2) is 0 Å². The molecule has 0 aliphatic carbocycles. The highest BCUT2D eigenvalue weighted by Gasteiger charge is 2.25. The van der Waals surface area contributed by atoms with Crippen molar-refractivity contribution in [1.82, 2.24) is 15.0 Å². The molecule has 0 saturated carbocycles. The summed E-state index contributed by atoms with van der Waals surface area (Å²) in [5.74, 6) is 1.05. The van der Waals surface area contributed by atoms with Crippen molar-refractivity contribution in [1.29, 1.82) is 0 Å². The fourth-order valence-electron chi connectivity index (χ4n) is 3.34. The summed E-state index contributed by atoms with van der Waals surface area (Å²) in [5, 5.41) is 5.12. The molecule has 0 spiro atoms. The van der Waals surface area contributed by atoms with E-state index < -0.39 is 0 Å². The monoisotopic (exact) mass is 355 g/mol. The Morgan fingerprint density at radius 1 is 1.20 bits per heavy atom. The summed E-state index contributed by atoms with van der Waals surface area (Å²) in [6.07, 6.45) is 0. The maximum absolute atomic E-state index is 12.9. The summed E-state index contributed by atoms with van der Waals surface area (Å²) in [5.41, 5.74) is 2.01. The van der Waals surface area contributed by atoms with Crippen LogP contribution in [0.25, 0.3) is 10.1 Å². The Kier molecular flexibility index (Phi) is 4.31. The Hall–Kier alpha value is -2.18. The summed E-state index contributed by atoms with van der Waals surface area (Å²) >= 11 is 1.60. The SMILES string of the molecule is Cc1cc(CN2CCN(C(=O)c3sc4ccccc4c3C)CC2)on1. The number of hydrogen-bond donors (Lipinski definition) is 0. The van der Waals surface area contributed by atoms with Crippen LogP contribution in [0.3, 0.4) is 0 Å². The zero-order chi connectivity index (χ0) is 17.4. The molecule has 0 unspecified atom stereocenters. The van der Waals surface area contributed by atoms with E-state index in [1.807, 2.05) is 30.0 Å². The third kappa shape index (κ3) is 3.19. The molecule has 130 valence electrons. The molecule has 3 heterocycles. The van der Waals surface area contributed by atoms with Gasteiger partial charge < -0.3 is 9.42 Å². The Bertz CT molecular complexity index is 906. The number of aromatic nitrogens is 1. The highest BCUT2D eigenvalue weighted by atomic mass is 32.1. The predicted molar refractivity (Wildman–Crippen MR) is 99.0 cm³/mol. The van der Waals surface area contributed by atoms with E-state index in [1.165, 1.54) is 10.1 Å². The van der Waals surface area contributed by atoms with Crippen molar-refractivity contribution >= 4 is 27.3 Å². The maximum Gasteiger partial charge on any atom is 0.264 e. The Morgan fingerprint density at radius 2 is 1.96 bits per heavy atom. The molecule has 1 aliphatic rings. The molecule has 0 atom stereocenters. The van der Waals surface area contributed by atoms with Gasteiger partial charge in [-0.2, -0.15) is 0 Å². The fraction of sp³-hybridized carbons (Fsp3) is 0.368. The van der Waals surface area contributed by atoms with Gasteiger partial charge >= 0.3 is 0 Å². The standard InChI is InChI=1S/C19H21N3O2S/c1-13-11-15(24-20-13)12-21-7-9-22(10-8-21)19(23)18-14(2)16-5-3-4-6-17(16)25-18/h3-6,11H,7-10,12H2,1-2H3. The van der Waals surface area contributed by atoms with Crippen molar-refractivity contribution in [2.45, 2.75) is 20.4 Å². The van der Waals surface area contributed by atoms with Gasteiger partial charge in [0.15, 0.2) is 5.76 Å². The van der Waals surface area contributed by atoms with E-state index in [1.54, 1.807) is 11.3 Å². The fourth-order valence-corrected chi connectivity index (χ4v) is 4.52. The molecular weight excluding hydrogens is 334 g/mol. The number of carbonyl (C=O) groups excluding carboxylic acids is 1. The van der Waals surface area contributed by atoms with Crippen LogP contribution in [-0.2, 0) is 6.54 Å². The number of piperazine rings is 1. The lowest BCUT2D eigenvalue weighted by Crippen LogP contribution is -2.48. The quantitative estimate of drug-likeness (QED) is 0.722. The largest absolute Gasteiger partial charge is 0.360 e. The van der Waals surface area contributed by atoms with Crippen LogP contribution in [0.4, 0.5) is 0 Å². The van der Waals surface area contributed by atoms with Gasteiger partial charge in [0.05, 0.1) is 17.1 Å². The number of benzene rings is 1. The second-order valence-corrected chi connectivity index (χ2v) is 7.61. The second kappa shape index (κ2) is 6.61. The number of fused-ring (bicyclic) bond motifs is 1. The van der Waals surface area contributed by atoms with Crippen molar-refractivity contribution in [2.24, 2.45) is 0 Å². The highest BCUT2D eigenvalue weighted by Crippen LogP contribution is 2.31. The molecule has 6 heteroatoms. The number of rotatable bonds is 3. The summed E-state index contributed by atoms with van der Waals surface area (Å²) < 4.78 is 6.47. The molecule has 1 amide bonds. The van der Waals surface area contributed by atoms with Crippen LogP contribution in [0.2, 0.25) is 0 Å². The van der Waals surface area contributed by atoms with Crippen LogP contribution < -0.4 is 0 Å². The number of hydrogen-bond acceptors (Lipinski definition) is 5. The average molecular weight is 355 g/mol. The van der Waals surface area contributed by atoms with Crippen molar-refractivity contribution < 1.29 is 9.32 Å². The predicted octanol–water partition coefficient (Wildman–Crippen LogP) is 3.46. The van der Waals surface area contributed by atoms with Gasteiger partial charge in [0.2, 0.25) is 0 Å². The Morgan fingerprint density at radius 3 is 2.64 bits per heavy atom. The molecule has 4 rings (SSSR count). The topological polar surface area (TPSA) is 49.6 Å². The van der Waals surface area contributed by atoms with E-state index in [4.69, 9.17) is 4.52 Å². The highest BCUT2D eigenvalue weighted by molar-refractivity contribution is 7.21. The van der Waals surface area contributed by atoms with Gasteiger partial charge in [0.25, 0.3) is 5.91 Å². The molecule has 3 aromatic rings. The number of amides is 1. The minimum absolute atomic E-state index is 0.161. The van der Waals surface area contributed by atoms with Crippen LogP contribution in [0.1, 0.15) is 26.7 Å². The zero-order valence-electron chi connectivity index (χ0n) is 14.5. The first-order valence-corrected chi connectivity index (χ1v) is 9.35. The molecule has 0 bridgehead atoms. The molecule has 25 heavy (non-hydrogen) atoms. The van der Waals surface area contributed by atoms with Gasteiger partial charge in [0, 0.05) is 36.9 Å². The van der Waals surface area contributed by atoms with E-state index in [2.05, 4.69) is 29.1 Å². The number of thiophene rings is 1. The van der Waals surface area contributed by atoms with Crippen molar-refractivity contribution in [3.05, 3.63) is 52.2 Å². The van der Waals surface area contributed by atoms with E-state index in [0.717, 1.165) is 54.6 Å². The molecule has 1 saturated heterocycles. The molecular formula is C19H21N3O2S. The summed E-state index contributed by atoms with van der Waals surface area (Å²) in [6.45, 7) is 7.94. The molecule has 1 aliphatic heterocycles. The number of nitrogens with zero attached hydrogens (tertiary/aromatic N) is 3. The molecule has 1 fully saturated rings. The third-order valence-electron chi connectivity index (χ3n) is 4.75. The minimum Gasteiger partial charge on any atom is -0.360 e. The Balaban J connectivity index is 1.43. The van der Waals surface area contributed by atoms with Crippen molar-refractivity contribution in [2.75, 3.05) is 26.2 Å². The van der Waals surface area contributed by atoms with E-state index in [-0.39, 0.29) is 5.91 Å². The Labute approximate surface area is 150 Å². The lowest BCUT2D eigenvalue weighted by molar-refractivity contribution is 0.0621. The first kappa shape index (κ1) is 16.3. The molecule has 5 nitrogen and oxygen atoms in total. The molecule has 0 radical (unpaired) electrons. The van der Waals surface area contributed by atoms with Crippen molar-refractivity contribution in [3.63, 3.8) is 0 Å². The molecule has 1 aromatic carbocycles. The number of carbonyl (C=O) groups is 1. The van der Waals surface area contributed by atoms with E-state index in [0.29, 0.717) is 0 Å². The van der Waals surface area contributed by atoms with Crippen molar-refractivity contribution in [3.8, 4) is 0 Å². The zero-order valence-corrected chi connectivity index (χ0v) is 15.3. The van der Waals surface area contributed by atoms with Crippen LogP contribution in [0, 0.1) is 13.8 Å². The number of aryl methyl sites for hydroxylation is 2. The maximum atomic E-state index is 12.9. The average Bonchev–Trinajstić information content (AvgIpc) is 3.19. The summed E-state index contributed by atoms with van der Waals surface area (Å²) in [7, 11) is 0. The van der Waals surface area contributed by atoms with Crippen LogP contribution in [-0.4, -0.2) is 47.0 Å². The third-order valence-corrected chi connectivity index (χ3v) is 6.01. The van der Waals surface area contributed by atoms with Gasteiger partial charge in [-0.3, -0.25) is 9.69 Å². The van der Waals surface area contributed by atoms with Crippen LogP contribution >= 0.6 is 11.3 Å². The normalized spacial score (nSPS) is 15.8. The lowest BCUT2D eigenvalue weighted by atomic mass is 10.1. The second-order valence-electron chi connectivity index (χ2n) is 6.56. The molecule has 2 aromatic heterocycles. The summed E-state index contributed by atoms with van der Waals surface area (Å²) in [4.78, 5) is 18.1. The minimum atomic E-state index is 0.161. The molecule has 0 N–H and O–H groups in total. The van der Waals surface area contributed by atoms with Gasteiger partial charge in [-0.15, -0.1) is 11.3 Å². The lowest BCUT2D eigenvalue weighted by Gasteiger charge is -2.34. The van der Waals surface area contributed by atoms with E-state index in [9.17, 15) is 4.79 Å². The van der Waals surface area contributed by atoms with Gasteiger partial charge in [-0.05, 0) is 30.9 Å². The van der Waals surface area contributed by atoms with Gasteiger partial charge in [0.1, 0.15) is 0 Å². The van der Waals surface area contributed by atoms with Gasteiger partial charge in [-0.1, -0.05) is 23.4 Å². The van der Waals surface area contributed by atoms with E-state index >= 15 is 0 Å². The first-order valence-electron chi connectivity index (χ1n) is 8.54.